The van der Waals surface area contributed by atoms with Crippen LogP contribution in [-0.2, 0) is 13.6 Å². The molecule has 1 aromatic rings. The summed E-state index contributed by atoms with van der Waals surface area (Å²) in [5.74, 6) is 0.895. The largest absolute Gasteiger partial charge is 0.357 e. The predicted molar refractivity (Wildman–Crippen MR) is 59.0 cm³/mol. The van der Waals surface area contributed by atoms with Crippen molar-refractivity contribution in [1.29, 1.82) is 0 Å². The Morgan fingerprint density at radius 2 is 2.29 bits per heavy atom. The molecule has 2 nitrogen and oxygen atoms in total. The molecule has 1 unspecified atom stereocenters. The van der Waals surface area contributed by atoms with Gasteiger partial charge in [0.25, 0.3) is 0 Å². The molecule has 0 saturated heterocycles. The van der Waals surface area contributed by atoms with Crippen LogP contribution in [0.1, 0.15) is 25.8 Å². The van der Waals surface area contributed by atoms with Gasteiger partial charge in [0.1, 0.15) is 0 Å². The van der Waals surface area contributed by atoms with Crippen LogP contribution in [0.5, 0.6) is 0 Å². The van der Waals surface area contributed by atoms with Crippen molar-refractivity contribution < 1.29 is 0 Å². The second-order valence-electron chi connectivity index (χ2n) is 5.21. The van der Waals surface area contributed by atoms with Gasteiger partial charge in [-0.05, 0) is 35.9 Å². The summed E-state index contributed by atoms with van der Waals surface area (Å²) in [6.45, 7) is 6.87. The third-order valence-corrected chi connectivity index (χ3v) is 3.33. The summed E-state index contributed by atoms with van der Waals surface area (Å²) in [6, 6.07) is 2.17. The number of nitrogens with one attached hydrogen (secondary N) is 1. The van der Waals surface area contributed by atoms with E-state index in [1.54, 1.807) is 0 Å². The molecule has 1 atom stereocenters. The molecule has 1 heterocycles. The van der Waals surface area contributed by atoms with Crippen LogP contribution < -0.4 is 5.32 Å². The highest BCUT2D eigenvalue weighted by molar-refractivity contribution is 5.09. The molecular weight excluding hydrogens is 172 g/mol. The molecule has 1 N–H and O–H groups in total. The molecule has 1 aliphatic carbocycles. The van der Waals surface area contributed by atoms with Gasteiger partial charge in [0.2, 0.25) is 0 Å². The summed E-state index contributed by atoms with van der Waals surface area (Å²) in [4.78, 5) is 0. The van der Waals surface area contributed by atoms with Gasteiger partial charge in [0, 0.05) is 26.0 Å². The zero-order valence-corrected chi connectivity index (χ0v) is 9.38. The number of hydrogen-bond acceptors (Lipinski definition) is 1. The lowest BCUT2D eigenvalue weighted by atomic mass is 10.1. The Kier molecular flexibility index (Phi) is 2.40. The predicted octanol–water partition coefficient (Wildman–Crippen LogP) is 2.16. The normalized spacial score (nSPS) is 23.8. The van der Waals surface area contributed by atoms with Crippen LogP contribution in [0, 0.1) is 11.3 Å². The first-order valence-electron chi connectivity index (χ1n) is 5.39. The number of rotatable bonds is 4. The Morgan fingerprint density at radius 1 is 1.57 bits per heavy atom. The van der Waals surface area contributed by atoms with Crippen LogP contribution in [0.25, 0.3) is 0 Å². The zero-order chi connectivity index (χ0) is 10.2. The van der Waals surface area contributed by atoms with E-state index in [-0.39, 0.29) is 0 Å². The maximum atomic E-state index is 3.52. The molecule has 0 radical (unpaired) electrons. The van der Waals surface area contributed by atoms with Gasteiger partial charge in [-0.3, -0.25) is 0 Å². The van der Waals surface area contributed by atoms with Gasteiger partial charge in [-0.15, -0.1) is 0 Å². The summed E-state index contributed by atoms with van der Waals surface area (Å²) >= 11 is 0. The van der Waals surface area contributed by atoms with Crippen LogP contribution in [0.15, 0.2) is 18.5 Å². The van der Waals surface area contributed by atoms with Crippen molar-refractivity contribution in [2.24, 2.45) is 18.4 Å². The molecule has 78 valence electrons. The molecule has 0 aromatic carbocycles. The maximum absolute atomic E-state index is 3.52. The fraction of sp³-hybridized carbons (Fsp3) is 0.667. The first-order valence-corrected chi connectivity index (χ1v) is 5.39. The molecular formula is C12H20N2. The van der Waals surface area contributed by atoms with Gasteiger partial charge < -0.3 is 9.88 Å². The molecule has 2 heteroatoms. The highest BCUT2D eigenvalue weighted by Gasteiger charge is 2.44. The lowest BCUT2D eigenvalue weighted by Crippen LogP contribution is -2.17. The molecule has 0 aliphatic heterocycles. The van der Waals surface area contributed by atoms with Gasteiger partial charge in [-0.2, -0.15) is 0 Å². The first kappa shape index (κ1) is 9.78. The Hall–Kier alpha value is -0.760. The fourth-order valence-electron chi connectivity index (χ4n) is 1.98. The summed E-state index contributed by atoms with van der Waals surface area (Å²) in [5.41, 5.74) is 1.98. The first-order chi connectivity index (χ1) is 6.58. The molecule has 1 aliphatic rings. The SMILES string of the molecule is Cn1ccc(CNCC2CC2(C)C)c1. The Morgan fingerprint density at radius 3 is 2.79 bits per heavy atom. The minimum Gasteiger partial charge on any atom is -0.357 e. The van der Waals surface area contributed by atoms with Crippen molar-refractivity contribution in [1.82, 2.24) is 9.88 Å². The molecule has 0 bridgehead atoms. The van der Waals surface area contributed by atoms with Crippen LogP contribution in [0.4, 0.5) is 0 Å². The van der Waals surface area contributed by atoms with Gasteiger partial charge in [-0.1, -0.05) is 13.8 Å². The Bertz CT molecular complexity index is 312. The van der Waals surface area contributed by atoms with Crippen molar-refractivity contribution in [3.8, 4) is 0 Å². The Labute approximate surface area is 86.3 Å². The van der Waals surface area contributed by atoms with Crippen LogP contribution in [0.3, 0.4) is 0 Å². The monoisotopic (exact) mass is 192 g/mol. The number of hydrogen-bond donors (Lipinski definition) is 1. The van der Waals surface area contributed by atoms with Crippen molar-refractivity contribution in [3.05, 3.63) is 24.0 Å². The summed E-state index contributed by atoms with van der Waals surface area (Å²) in [7, 11) is 2.06. The second-order valence-corrected chi connectivity index (χ2v) is 5.21. The smallest absolute Gasteiger partial charge is 0.0220 e. The van der Waals surface area contributed by atoms with Gasteiger partial charge in [0.05, 0.1) is 0 Å². The third-order valence-electron chi connectivity index (χ3n) is 3.33. The van der Waals surface area contributed by atoms with Gasteiger partial charge >= 0.3 is 0 Å². The van der Waals surface area contributed by atoms with E-state index in [2.05, 4.69) is 49.2 Å². The van der Waals surface area contributed by atoms with Crippen molar-refractivity contribution in [3.63, 3.8) is 0 Å². The minimum absolute atomic E-state index is 0.601. The lowest BCUT2D eigenvalue weighted by molar-refractivity contribution is 0.519. The number of aryl methyl sites for hydroxylation is 1. The molecule has 1 saturated carbocycles. The summed E-state index contributed by atoms with van der Waals surface area (Å²) < 4.78 is 2.10. The van der Waals surface area contributed by atoms with E-state index < -0.39 is 0 Å². The quantitative estimate of drug-likeness (QED) is 0.773. The van der Waals surface area contributed by atoms with Crippen LogP contribution >= 0.6 is 0 Å². The minimum atomic E-state index is 0.601. The maximum Gasteiger partial charge on any atom is 0.0220 e. The van der Waals surface area contributed by atoms with E-state index in [1.807, 2.05) is 0 Å². The highest BCUT2D eigenvalue weighted by atomic mass is 14.9. The van der Waals surface area contributed by atoms with Gasteiger partial charge in [0.15, 0.2) is 0 Å². The Balaban J connectivity index is 1.69. The van der Waals surface area contributed by atoms with Crippen molar-refractivity contribution in [2.45, 2.75) is 26.8 Å². The average molecular weight is 192 g/mol. The van der Waals surface area contributed by atoms with Crippen LogP contribution in [0.2, 0.25) is 0 Å². The number of nitrogens with zero attached hydrogens (tertiary/aromatic N) is 1. The van der Waals surface area contributed by atoms with Crippen molar-refractivity contribution >= 4 is 0 Å². The number of aromatic nitrogens is 1. The zero-order valence-electron chi connectivity index (χ0n) is 9.38. The second kappa shape index (κ2) is 3.43. The standard InChI is InChI=1S/C12H20N2/c1-12(2)6-11(12)8-13-7-10-4-5-14(3)9-10/h4-5,9,11,13H,6-8H2,1-3H3. The summed E-state index contributed by atoms with van der Waals surface area (Å²) in [6.07, 6.45) is 5.65. The topological polar surface area (TPSA) is 17.0 Å². The third kappa shape index (κ3) is 2.18. The van der Waals surface area contributed by atoms with E-state index in [0.29, 0.717) is 5.41 Å². The molecule has 2 rings (SSSR count). The van der Waals surface area contributed by atoms with E-state index >= 15 is 0 Å². The molecule has 1 fully saturated rings. The van der Waals surface area contributed by atoms with Gasteiger partial charge in [-0.25, -0.2) is 0 Å². The van der Waals surface area contributed by atoms with Crippen molar-refractivity contribution in [2.75, 3.05) is 6.54 Å². The summed E-state index contributed by atoms with van der Waals surface area (Å²) in [5, 5.41) is 3.52. The average Bonchev–Trinajstić information content (AvgIpc) is 2.53. The van der Waals surface area contributed by atoms with E-state index in [1.165, 1.54) is 18.5 Å². The van der Waals surface area contributed by atoms with E-state index in [4.69, 9.17) is 0 Å². The molecule has 1 aromatic heterocycles. The molecule has 0 spiro atoms. The highest BCUT2D eigenvalue weighted by Crippen LogP contribution is 2.50. The lowest BCUT2D eigenvalue weighted by Gasteiger charge is -2.04. The van der Waals surface area contributed by atoms with E-state index in [0.717, 1.165) is 12.5 Å². The molecule has 14 heavy (non-hydrogen) atoms. The van der Waals surface area contributed by atoms with E-state index in [9.17, 15) is 0 Å². The fourth-order valence-corrected chi connectivity index (χ4v) is 1.98. The molecule has 0 amide bonds. The van der Waals surface area contributed by atoms with Crippen LogP contribution in [-0.4, -0.2) is 11.1 Å².